The molecule has 3 heteroatoms. The molecule has 0 radical (unpaired) electrons. The maximum atomic E-state index is 9.88. The Morgan fingerprint density at radius 1 is 1.07 bits per heavy atom. The van der Waals surface area contributed by atoms with Gasteiger partial charge in [-0.2, -0.15) is 0 Å². The summed E-state index contributed by atoms with van der Waals surface area (Å²) in [5, 5.41) is 13.3. The van der Waals surface area contributed by atoms with Gasteiger partial charge >= 0.3 is 0 Å². The van der Waals surface area contributed by atoms with Crippen molar-refractivity contribution in [3.63, 3.8) is 0 Å². The summed E-state index contributed by atoms with van der Waals surface area (Å²) >= 11 is 5.31. The molecule has 0 spiro atoms. The molecule has 0 saturated heterocycles. The van der Waals surface area contributed by atoms with Crippen molar-refractivity contribution in [1.82, 2.24) is 5.32 Å². The van der Waals surface area contributed by atoms with Gasteiger partial charge in [0, 0.05) is 22.9 Å². The van der Waals surface area contributed by atoms with E-state index in [-0.39, 0.29) is 11.8 Å². The van der Waals surface area contributed by atoms with E-state index in [4.69, 9.17) is 12.2 Å². The molecule has 0 aliphatic rings. The lowest BCUT2D eigenvalue weighted by molar-refractivity contribution is 0.185. The van der Waals surface area contributed by atoms with Gasteiger partial charge in [-0.05, 0) is 12.8 Å². The summed E-state index contributed by atoms with van der Waals surface area (Å²) in [6.07, 6.45) is -0.466. The number of thiocarbonyl (C=S) groups is 1. The summed E-state index contributed by atoms with van der Waals surface area (Å²) in [5.74, 6) is 0.422. The minimum absolute atomic E-state index is 0.200. The summed E-state index contributed by atoms with van der Waals surface area (Å²) < 4.78 is 0. The number of hydrogen-bond acceptors (Lipinski definition) is 3. The second-order valence-electron chi connectivity index (χ2n) is 4.99. The predicted molar refractivity (Wildman–Crippen MR) is 70.3 cm³/mol. The number of rotatable bonds is 6. The van der Waals surface area contributed by atoms with E-state index in [1.165, 1.54) is 0 Å². The van der Waals surface area contributed by atoms with Crippen molar-refractivity contribution < 1.29 is 5.11 Å². The first-order chi connectivity index (χ1) is 6.77. The van der Waals surface area contributed by atoms with Crippen LogP contribution in [0.3, 0.4) is 0 Å². The number of nitrogens with one attached hydrogen (secondary N) is 1. The van der Waals surface area contributed by atoms with E-state index in [0.29, 0.717) is 12.1 Å². The third kappa shape index (κ3) is 5.05. The van der Waals surface area contributed by atoms with Crippen LogP contribution in [0.15, 0.2) is 0 Å². The summed E-state index contributed by atoms with van der Waals surface area (Å²) in [5.41, 5.74) is 0. The van der Waals surface area contributed by atoms with Gasteiger partial charge in [-0.3, -0.25) is 0 Å². The molecule has 15 heavy (non-hydrogen) atoms. The minimum atomic E-state index is -0.466. The van der Waals surface area contributed by atoms with Gasteiger partial charge in [0.1, 0.15) is 0 Å². The van der Waals surface area contributed by atoms with Crippen LogP contribution in [0, 0.1) is 11.8 Å². The van der Waals surface area contributed by atoms with Gasteiger partial charge in [-0.15, -0.1) is 0 Å². The third-order valence-electron chi connectivity index (χ3n) is 2.72. The number of hydrogen-bond donors (Lipinski definition) is 2. The average Bonchev–Trinajstić information content (AvgIpc) is 2.13. The smallest absolute Gasteiger partial charge is 0.0878 e. The van der Waals surface area contributed by atoms with Crippen LogP contribution in [-0.2, 0) is 0 Å². The summed E-state index contributed by atoms with van der Waals surface area (Å²) in [6.45, 7) is 12.4. The van der Waals surface area contributed by atoms with Crippen molar-refractivity contribution in [2.75, 3.05) is 0 Å². The summed E-state index contributed by atoms with van der Waals surface area (Å²) in [4.78, 5) is 0.769. The van der Waals surface area contributed by atoms with Crippen molar-refractivity contribution in [1.29, 1.82) is 0 Å². The van der Waals surface area contributed by atoms with Crippen molar-refractivity contribution in [3.8, 4) is 0 Å². The van der Waals surface area contributed by atoms with Crippen LogP contribution in [0.25, 0.3) is 0 Å². The normalized spacial score (nSPS) is 17.9. The van der Waals surface area contributed by atoms with Gasteiger partial charge in [0.2, 0.25) is 0 Å². The first-order valence-electron chi connectivity index (χ1n) is 5.75. The van der Waals surface area contributed by atoms with E-state index in [0.717, 1.165) is 4.86 Å². The van der Waals surface area contributed by atoms with Gasteiger partial charge in [-0.25, -0.2) is 0 Å². The standard InChI is InChI=1S/C12H25NOS/c1-7(2)11(14)12(15)9(5)10(6)13-8(3)4/h7-11,13-14H,1-6H3. The van der Waals surface area contributed by atoms with E-state index >= 15 is 0 Å². The molecule has 0 fully saturated rings. The van der Waals surface area contributed by atoms with Gasteiger partial charge < -0.3 is 10.4 Å². The fourth-order valence-corrected chi connectivity index (χ4v) is 1.99. The highest BCUT2D eigenvalue weighted by Gasteiger charge is 2.24. The van der Waals surface area contributed by atoms with E-state index in [2.05, 4.69) is 33.0 Å². The van der Waals surface area contributed by atoms with Crippen LogP contribution in [0.2, 0.25) is 0 Å². The van der Waals surface area contributed by atoms with Gasteiger partial charge in [0.05, 0.1) is 6.10 Å². The molecule has 2 nitrogen and oxygen atoms in total. The van der Waals surface area contributed by atoms with Crippen LogP contribution >= 0.6 is 12.2 Å². The Hall–Kier alpha value is 0.01000. The lowest BCUT2D eigenvalue weighted by Crippen LogP contribution is -2.43. The molecule has 0 aliphatic heterocycles. The molecule has 3 atom stereocenters. The molecule has 0 aromatic carbocycles. The molecule has 90 valence electrons. The lowest BCUT2D eigenvalue weighted by atomic mass is 9.91. The Bertz CT molecular complexity index is 204. The zero-order valence-corrected chi connectivity index (χ0v) is 11.6. The molecule has 3 unspecified atom stereocenters. The van der Waals surface area contributed by atoms with Gasteiger partial charge in [0.25, 0.3) is 0 Å². The first kappa shape index (κ1) is 15.0. The Labute approximate surface area is 99.5 Å². The minimum Gasteiger partial charge on any atom is -0.388 e. The number of aliphatic hydroxyl groups is 1. The first-order valence-corrected chi connectivity index (χ1v) is 6.16. The van der Waals surface area contributed by atoms with Crippen LogP contribution in [0.4, 0.5) is 0 Å². The Kier molecular flexibility index (Phi) is 6.57. The topological polar surface area (TPSA) is 32.3 Å². The molecule has 2 N–H and O–H groups in total. The van der Waals surface area contributed by atoms with Crippen molar-refractivity contribution in [3.05, 3.63) is 0 Å². The summed E-state index contributed by atoms with van der Waals surface area (Å²) in [6, 6.07) is 0.757. The monoisotopic (exact) mass is 231 g/mol. The maximum Gasteiger partial charge on any atom is 0.0878 e. The van der Waals surface area contributed by atoms with E-state index in [1.807, 2.05) is 13.8 Å². The molecule has 0 rings (SSSR count). The quantitative estimate of drug-likeness (QED) is 0.689. The van der Waals surface area contributed by atoms with Crippen molar-refractivity contribution >= 4 is 17.1 Å². The molecule has 0 bridgehead atoms. The molecule has 0 heterocycles. The zero-order chi connectivity index (χ0) is 12.2. The Balaban J connectivity index is 4.30. The second-order valence-corrected chi connectivity index (χ2v) is 5.46. The van der Waals surface area contributed by atoms with Crippen LogP contribution in [0.5, 0.6) is 0 Å². The highest BCUT2D eigenvalue weighted by Crippen LogP contribution is 2.14. The van der Waals surface area contributed by atoms with Crippen molar-refractivity contribution in [2.24, 2.45) is 11.8 Å². The molecular formula is C12H25NOS. The summed E-state index contributed by atoms with van der Waals surface area (Å²) in [7, 11) is 0. The SMILES string of the molecule is CC(C)NC(C)C(C)C(=S)C(O)C(C)C. The Morgan fingerprint density at radius 2 is 1.53 bits per heavy atom. The van der Waals surface area contributed by atoms with Gasteiger partial charge in [-0.1, -0.05) is 46.8 Å². The fraction of sp³-hybridized carbons (Fsp3) is 0.917. The highest BCUT2D eigenvalue weighted by molar-refractivity contribution is 7.80. The number of aliphatic hydroxyl groups excluding tert-OH is 1. The van der Waals surface area contributed by atoms with E-state index in [9.17, 15) is 5.11 Å². The molecule has 0 aromatic heterocycles. The van der Waals surface area contributed by atoms with Crippen LogP contribution in [-0.4, -0.2) is 28.2 Å². The van der Waals surface area contributed by atoms with E-state index < -0.39 is 6.10 Å². The fourth-order valence-electron chi connectivity index (χ4n) is 1.51. The van der Waals surface area contributed by atoms with Gasteiger partial charge in [0.15, 0.2) is 0 Å². The average molecular weight is 231 g/mol. The van der Waals surface area contributed by atoms with E-state index in [1.54, 1.807) is 0 Å². The Morgan fingerprint density at radius 3 is 1.87 bits per heavy atom. The molecule has 0 aliphatic carbocycles. The molecule has 0 amide bonds. The zero-order valence-electron chi connectivity index (χ0n) is 10.7. The van der Waals surface area contributed by atoms with Crippen LogP contribution in [0.1, 0.15) is 41.5 Å². The van der Waals surface area contributed by atoms with Crippen molar-refractivity contribution in [2.45, 2.75) is 59.7 Å². The lowest BCUT2D eigenvalue weighted by Gasteiger charge is -2.27. The highest BCUT2D eigenvalue weighted by atomic mass is 32.1. The third-order valence-corrected chi connectivity index (χ3v) is 3.33. The molecule has 0 aromatic rings. The largest absolute Gasteiger partial charge is 0.388 e. The molecular weight excluding hydrogens is 206 g/mol. The van der Waals surface area contributed by atoms with Crippen LogP contribution < -0.4 is 5.32 Å². The molecule has 0 saturated carbocycles. The maximum absolute atomic E-state index is 9.88. The predicted octanol–water partition coefficient (Wildman–Crippen LogP) is 2.40. The second kappa shape index (κ2) is 6.56.